The minimum absolute atomic E-state index is 0.167. The van der Waals surface area contributed by atoms with Crippen molar-refractivity contribution >= 4 is 11.7 Å². The SMILES string of the molecule is C[C@H](NC(=O)COc1ccc(C(=O)c2ccc(F)cc2)cc1)c1ccc2c(c1)OCCO2. The molecule has 0 spiro atoms. The molecule has 6 nitrogen and oxygen atoms in total. The number of fused-ring (bicyclic) bond motifs is 1. The van der Waals surface area contributed by atoms with Gasteiger partial charge < -0.3 is 19.5 Å². The second-order valence-corrected chi connectivity index (χ2v) is 7.34. The smallest absolute Gasteiger partial charge is 0.258 e. The predicted octanol–water partition coefficient (Wildman–Crippen LogP) is 4.08. The molecular weight excluding hydrogens is 413 g/mol. The van der Waals surface area contributed by atoms with Gasteiger partial charge in [-0.1, -0.05) is 6.07 Å². The number of nitrogens with one attached hydrogen (secondary N) is 1. The van der Waals surface area contributed by atoms with Gasteiger partial charge in [-0.25, -0.2) is 4.39 Å². The zero-order chi connectivity index (χ0) is 22.5. The van der Waals surface area contributed by atoms with Crippen molar-refractivity contribution in [2.75, 3.05) is 19.8 Å². The van der Waals surface area contributed by atoms with Crippen molar-refractivity contribution in [2.45, 2.75) is 13.0 Å². The minimum atomic E-state index is -0.396. The van der Waals surface area contributed by atoms with Crippen LogP contribution in [0.15, 0.2) is 66.7 Å². The number of carbonyl (C=O) groups excluding carboxylic acids is 2. The van der Waals surface area contributed by atoms with Crippen LogP contribution in [0.4, 0.5) is 4.39 Å². The molecule has 3 aromatic rings. The van der Waals surface area contributed by atoms with Gasteiger partial charge in [0.2, 0.25) is 0 Å². The zero-order valence-electron chi connectivity index (χ0n) is 17.5. The third-order valence-electron chi connectivity index (χ3n) is 5.04. The number of benzene rings is 3. The number of ketones is 1. The average Bonchev–Trinajstić information content (AvgIpc) is 2.83. The Balaban J connectivity index is 1.30. The number of ether oxygens (including phenoxy) is 3. The molecule has 0 bridgehead atoms. The zero-order valence-corrected chi connectivity index (χ0v) is 17.5. The Morgan fingerprint density at radius 2 is 1.56 bits per heavy atom. The van der Waals surface area contributed by atoms with E-state index in [1.807, 2.05) is 25.1 Å². The van der Waals surface area contributed by atoms with Crippen LogP contribution in [0.5, 0.6) is 17.2 Å². The topological polar surface area (TPSA) is 73.9 Å². The van der Waals surface area contributed by atoms with Crippen LogP contribution in [0.1, 0.15) is 34.5 Å². The first kappa shape index (κ1) is 21.4. The third kappa shape index (κ3) is 5.06. The molecule has 0 saturated heterocycles. The first-order chi connectivity index (χ1) is 15.5. The summed E-state index contributed by atoms with van der Waals surface area (Å²) in [5.41, 5.74) is 1.74. The lowest BCUT2D eigenvalue weighted by atomic mass is 10.0. The molecule has 1 atom stereocenters. The van der Waals surface area contributed by atoms with E-state index in [0.717, 1.165) is 5.56 Å². The van der Waals surface area contributed by atoms with E-state index in [1.54, 1.807) is 24.3 Å². The highest BCUT2D eigenvalue weighted by Crippen LogP contribution is 2.32. The molecule has 0 aromatic heterocycles. The fourth-order valence-corrected chi connectivity index (χ4v) is 3.32. The molecule has 7 heteroatoms. The van der Waals surface area contributed by atoms with Crippen molar-refractivity contribution in [3.05, 3.63) is 89.2 Å². The monoisotopic (exact) mass is 435 g/mol. The van der Waals surface area contributed by atoms with Gasteiger partial charge in [0.1, 0.15) is 24.8 Å². The highest BCUT2D eigenvalue weighted by atomic mass is 19.1. The van der Waals surface area contributed by atoms with E-state index in [-0.39, 0.29) is 24.3 Å². The molecule has 3 aromatic carbocycles. The Kier molecular flexibility index (Phi) is 6.35. The van der Waals surface area contributed by atoms with Crippen molar-refractivity contribution in [3.63, 3.8) is 0 Å². The van der Waals surface area contributed by atoms with Crippen LogP contribution in [-0.4, -0.2) is 31.5 Å². The molecule has 1 aliphatic heterocycles. The summed E-state index contributed by atoms with van der Waals surface area (Å²) in [6.07, 6.45) is 0. The molecule has 4 rings (SSSR count). The van der Waals surface area contributed by atoms with Gasteiger partial charge in [-0.2, -0.15) is 0 Å². The number of carbonyl (C=O) groups is 2. The van der Waals surface area contributed by atoms with Crippen molar-refractivity contribution in [2.24, 2.45) is 0 Å². The lowest BCUT2D eigenvalue weighted by molar-refractivity contribution is -0.123. The maximum atomic E-state index is 13.0. The van der Waals surface area contributed by atoms with E-state index in [4.69, 9.17) is 14.2 Å². The van der Waals surface area contributed by atoms with Gasteiger partial charge in [0.15, 0.2) is 23.9 Å². The van der Waals surface area contributed by atoms with Gasteiger partial charge in [-0.3, -0.25) is 9.59 Å². The van der Waals surface area contributed by atoms with Gasteiger partial charge in [-0.15, -0.1) is 0 Å². The molecule has 1 amide bonds. The van der Waals surface area contributed by atoms with Crippen LogP contribution in [0.25, 0.3) is 0 Å². The number of hydrogen-bond donors (Lipinski definition) is 1. The maximum Gasteiger partial charge on any atom is 0.258 e. The van der Waals surface area contributed by atoms with Crippen molar-refractivity contribution in [1.82, 2.24) is 5.32 Å². The summed E-state index contributed by atoms with van der Waals surface area (Å²) in [6, 6.07) is 17.2. The van der Waals surface area contributed by atoms with Crippen LogP contribution in [0, 0.1) is 5.82 Å². The molecule has 0 fully saturated rings. The van der Waals surface area contributed by atoms with E-state index in [2.05, 4.69) is 5.32 Å². The van der Waals surface area contributed by atoms with Crippen LogP contribution in [0.3, 0.4) is 0 Å². The van der Waals surface area contributed by atoms with E-state index in [1.165, 1.54) is 24.3 Å². The standard InChI is InChI=1S/C25H22FNO5/c1-16(19-6-11-22-23(14-19)31-13-12-30-22)27-24(28)15-32-21-9-4-18(5-10-21)25(29)17-2-7-20(26)8-3-17/h2-11,14,16H,12-13,15H2,1H3,(H,27,28)/t16-/m0/s1. The van der Waals surface area contributed by atoms with Crippen LogP contribution < -0.4 is 19.5 Å². The lowest BCUT2D eigenvalue weighted by Gasteiger charge is -2.21. The normalized spacial score (nSPS) is 13.2. The summed E-state index contributed by atoms with van der Waals surface area (Å²) < 4.78 is 29.7. The number of rotatable bonds is 7. The fraction of sp³-hybridized carbons (Fsp3) is 0.200. The largest absolute Gasteiger partial charge is 0.486 e. The summed E-state index contributed by atoms with van der Waals surface area (Å²) in [6.45, 7) is 2.73. The fourth-order valence-electron chi connectivity index (χ4n) is 3.32. The van der Waals surface area contributed by atoms with Gasteiger partial charge in [0.25, 0.3) is 5.91 Å². The van der Waals surface area contributed by atoms with Crippen molar-refractivity contribution in [3.8, 4) is 17.2 Å². The highest BCUT2D eigenvalue weighted by molar-refractivity contribution is 6.09. The number of hydrogen-bond acceptors (Lipinski definition) is 5. The molecule has 0 saturated carbocycles. The molecule has 164 valence electrons. The maximum absolute atomic E-state index is 13.0. The highest BCUT2D eigenvalue weighted by Gasteiger charge is 2.16. The number of halogens is 1. The van der Waals surface area contributed by atoms with Gasteiger partial charge in [0, 0.05) is 11.1 Å². The molecular formula is C25H22FNO5. The number of amides is 1. The summed E-state index contributed by atoms with van der Waals surface area (Å²) >= 11 is 0. The molecule has 1 N–H and O–H groups in total. The third-order valence-corrected chi connectivity index (χ3v) is 5.04. The summed E-state index contributed by atoms with van der Waals surface area (Å²) in [4.78, 5) is 24.7. The molecule has 0 radical (unpaired) electrons. The average molecular weight is 435 g/mol. The Labute approximate surface area is 184 Å². The molecule has 0 aliphatic carbocycles. The first-order valence-electron chi connectivity index (χ1n) is 10.2. The Hall–Kier alpha value is -3.87. The van der Waals surface area contributed by atoms with Crippen molar-refractivity contribution in [1.29, 1.82) is 0 Å². The second-order valence-electron chi connectivity index (χ2n) is 7.34. The molecule has 1 heterocycles. The van der Waals surface area contributed by atoms with Gasteiger partial charge in [-0.05, 0) is 73.2 Å². The van der Waals surface area contributed by atoms with E-state index in [9.17, 15) is 14.0 Å². The summed E-state index contributed by atoms with van der Waals surface area (Å²) in [5, 5.41) is 2.88. The summed E-state index contributed by atoms with van der Waals surface area (Å²) in [7, 11) is 0. The van der Waals surface area contributed by atoms with Crippen LogP contribution in [-0.2, 0) is 4.79 Å². The first-order valence-corrected chi connectivity index (χ1v) is 10.2. The van der Waals surface area contributed by atoms with Crippen LogP contribution >= 0.6 is 0 Å². The lowest BCUT2D eigenvalue weighted by Crippen LogP contribution is -2.31. The second kappa shape index (κ2) is 9.51. The van der Waals surface area contributed by atoms with Crippen molar-refractivity contribution < 1.29 is 28.2 Å². The molecule has 32 heavy (non-hydrogen) atoms. The van der Waals surface area contributed by atoms with E-state index in [0.29, 0.717) is 41.6 Å². The summed E-state index contributed by atoms with van der Waals surface area (Å²) in [5.74, 6) is 0.931. The quantitative estimate of drug-likeness (QED) is 0.566. The predicted molar refractivity (Wildman–Crippen MR) is 116 cm³/mol. The Morgan fingerprint density at radius 3 is 2.25 bits per heavy atom. The van der Waals surface area contributed by atoms with E-state index >= 15 is 0 Å². The molecule has 0 unspecified atom stereocenters. The Morgan fingerprint density at radius 1 is 0.938 bits per heavy atom. The van der Waals surface area contributed by atoms with Gasteiger partial charge >= 0.3 is 0 Å². The van der Waals surface area contributed by atoms with E-state index < -0.39 is 5.82 Å². The molecule has 1 aliphatic rings. The Bertz CT molecular complexity index is 1110. The van der Waals surface area contributed by atoms with Crippen LogP contribution in [0.2, 0.25) is 0 Å². The minimum Gasteiger partial charge on any atom is -0.486 e. The van der Waals surface area contributed by atoms with Gasteiger partial charge in [0.05, 0.1) is 6.04 Å².